The molecule has 0 spiro atoms. The van der Waals surface area contributed by atoms with E-state index >= 15 is 0 Å². The van der Waals surface area contributed by atoms with Gasteiger partial charge in [-0.25, -0.2) is 19.2 Å². The lowest BCUT2D eigenvalue weighted by molar-refractivity contribution is -0.0999. The van der Waals surface area contributed by atoms with E-state index < -0.39 is 23.9 Å². The summed E-state index contributed by atoms with van der Waals surface area (Å²) in [5.41, 5.74) is 2.29. The molecule has 5 rings (SSSR count). The number of carbonyl (C=O) groups is 4. The predicted octanol–water partition coefficient (Wildman–Crippen LogP) is 3.35. The van der Waals surface area contributed by atoms with E-state index in [1.807, 2.05) is 0 Å². The number of ether oxygens (including phenoxy) is 2. The number of hydrogen-bond acceptors (Lipinski definition) is 8. The van der Waals surface area contributed by atoms with Gasteiger partial charge in [-0.1, -0.05) is 18.2 Å². The standard InChI is InChI=1S/C22H10O8/c23-19-15-7-3-12(9-17(15)21(25)27-19)11-1-4-13(5-2-11)29-30-14-6-8-16-18(10-14)22(26)28-20(16)24/h1-10H. The minimum absolute atomic E-state index is 0.116. The molecule has 0 N–H and O–H groups in total. The van der Waals surface area contributed by atoms with Crippen LogP contribution in [0.5, 0.6) is 11.5 Å². The molecule has 0 saturated heterocycles. The fraction of sp³-hybridized carbons (Fsp3) is 0. The first kappa shape index (κ1) is 17.6. The molecule has 0 bridgehead atoms. The van der Waals surface area contributed by atoms with Gasteiger partial charge in [-0.3, -0.25) is 9.78 Å². The number of benzene rings is 3. The summed E-state index contributed by atoms with van der Waals surface area (Å²) in [4.78, 5) is 56.8. The lowest BCUT2D eigenvalue weighted by atomic mass is 10.0. The Bertz CT molecular complexity index is 1260. The van der Waals surface area contributed by atoms with Crippen molar-refractivity contribution in [3.05, 3.63) is 82.9 Å². The van der Waals surface area contributed by atoms with Gasteiger partial charge in [-0.05, 0) is 47.5 Å². The summed E-state index contributed by atoms with van der Waals surface area (Å²) in [5.74, 6) is -2.12. The molecule has 0 amide bonds. The maximum absolute atomic E-state index is 11.7. The normalized spacial score (nSPS) is 14.1. The molecule has 0 aliphatic carbocycles. The third kappa shape index (κ3) is 2.87. The van der Waals surface area contributed by atoms with Gasteiger partial charge in [0, 0.05) is 6.07 Å². The second-order valence-corrected chi connectivity index (χ2v) is 6.51. The number of esters is 4. The minimum atomic E-state index is -0.732. The summed E-state index contributed by atoms with van der Waals surface area (Å²) in [6.45, 7) is 0. The van der Waals surface area contributed by atoms with E-state index in [1.54, 1.807) is 42.5 Å². The zero-order chi connectivity index (χ0) is 20.8. The van der Waals surface area contributed by atoms with Crippen molar-refractivity contribution in [2.24, 2.45) is 0 Å². The Morgan fingerprint density at radius 1 is 0.467 bits per heavy atom. The largest absolute Gasteiger partial charge is 0.386 e. The molecule has 0 saturated carbocycles. The summed E-state index contributed by atoms with van der Waals surface area (Å²) >= 11 is 0. The molecule has 8 heteroatoms. The second kappa shape index (κ2) is 6.56. The molecule has 2 aliphatic rings. The first-order valence-electron chi connectivity index (χ1n) is 8.76. The van der Waals surface area contributed by atoms with Crippen LogP contribution in [0, 0.1) is 0 Å². The minimum Gasteiger partial charge on any atom is -0.386 e. The van der Waals surface area contributed by atoms with Gasteiger partial charge in [0.05, 0.1) is 22.3 Å². The van der Waals surface area contributed by atoms with Crippen LogP contribution in [0.25, 0.3) is 11.1 Å². The molecule has 0 aromatic heterocycles. The van der Waals surface area contributed by atoms with Crippen molar-refractivity contribution in [2.45, 2.75) is 0 Å². The number of fused-ring (bicyclic) bond motifs is 2. The monoisotopic (exact) mass is 402 g/mol. The van der Waals surface area contributed by atoms with Crippen molar-refractivity contribution < 1.29 is 38.4 Å². The van der Waals surface area contributed by atoms with E-state index in [0.29, 0.717) is 5.75 Å². The van der Waals surface area contributed by atoms with Crippen LogP contribution in [0.15, 0.2) is 60.7 Å². The lowest BCUT2D eigenvalue weighted by Gasteiger charge is -2.08. The molecule has 2 heterocycles. The average Bonchev–Trinajstić information content (AvgIpc) is 3.21. The number of carbonyl (C=O) groups excluding carboxylic acids is 4. The topological polar surface area (TPSA) is 105 Å². The smallest absolute Gasteiger partial charge is 0.347 e. The van der Waals surface area contributed by atoms with Crippen molar-refractivity contribution in [1.82, 2.24) is 0 Å². The molecule has 3 aromatic carbocycles. The molecule has 0 fully saturated rings. The Kier molecular flexibility index (Phi) is 3.85. The quantitative estimate of drug-likeness (QED) is 0.283. The van der Waals surface area contributed by atoms with Gasteiger partial charge >= 0.3 is 23.9 Å². The van der Waals surface area contributed by atoms with Crippen LogP contribution in [0.1, 0.15) is 41.4 Å². The van der Waals surface area contributed by atoms with Crippen molar-refractivity contribution >= 4 is 23.9 Å². The van der Waals surface area contributed by atoms with E-state index in [-0.39, 0.29) is 28.0 Å². The van der Waals surface area contributed by atoms with Crippen LogP contribution in [0.4, 0.5) is 0 Å². The van der Waals surface area contributed by atoms with Crippen molar-refractivity contribution in [3.63, 3.8) is 0 Å². The molecule has 30 heavy (non-hydrogen) atoms. The number of cyclic esters (lactones) is 4. The van der Waals surface area contributed by atoms with E-state index in [2.05, 4.69) is 9.47 Å². The molecule has 146 valence electrons. The van der Waals surface area contributed by atoms with Crippen molar-refractivity contribution in [1.29, 1.82) is 0 Å². The van der Waals surface area contributed by atoms with Gasteiger partial charge < -0.3 is 9.47 Å². The maximum atomic E-state index is 11.7. The average molecular weight is 402 g/mol. The highest BCUT2D eigenvalue weighted by Crippen LogP contribution is 2.29. The molecule has 0 unspecified atom stereocenters. The Morgan fingerprint density at radius 2 is 0.933 bits per heavy atom. The zero-order valence-electron chi connectivity index (χ0n) is 15.0. The van der Waals surface area contributed by atoms with E-state index in [9.17, 15) is 19.2 Å². The fourth-order valence-electron chi connectivity index (χ4n) is 3.18. The Hall–Kier alpha value is -4.46. The number of hydrogen-bond donors (Lipinski definition) is 0. The third-order valence-corrected chi connectivity index (χ3v) is 4.68. The highest BCUT2D eigenvalue weighted by molar-refractivity contribution is 6.15. The Labute approximate surface area is 168 Å². The Morgan fingerprint density at radius 3 is 1.60 bits per heavy atom. The van der Waals surface area contributed by atoms with Gasteiger partial charge in [0.1, 0.15) is 0 Å². The molecule has 0 radical (unpaired) electrons. The van der Waals surface area contributed by atoms with E-state index in [1.165, 1.54) is 18.2 Å². The summed E-state index contributed by atoms with van der Waals surface area (Å²) in [7, 11) is 0. The highest BCUT2D eigenvalue weighted by atomic mass is 17.2. The SMILES string of the molecule is O=C1OC(=O)c2cc(OOc3ccc(-c4ccc5c(c4)C(=O)OC5=O)cc3)ccc21. The van der Waals surface area contributed by atoms with Crippen molar-refractivity contribution in [2.75, 3.05) is 0 Å². The summed E-state index contributed by atoms with van der Waals surface area (Å²) in [6, 6.07) is 15.9. The summed E-state index contributed by atoms with van der Waals surface area (Å²) in [5, 5.41) is 0. The summed E-state index contributed by atoms with van der Waals surface area (Å²) in [6.07, 6.45) is 0. The van der Waals surface area contributed by atoms with Crippen LogP contribution in [0.3, 0.4) is 0 Å². The van der Waals surface area contributed by atoms with Crippen molar-refractivity contribution in [3.8, 4) is 22.6 Å². The third-order valence-electron chi connectivity index (χ3n) is 4.68. The highest BCUT2D eigenvalue weighted by Gasteiger charge is 2.30. The van der Waals surface area contributed by atoms with Crippen LogP contribution in [-0.2, 0) is 9.47 Å². The van der Waals surface area contributed by atoms with Crippen LogP contribution in [-0.4, -0.2) is 23.9 Å². The van der Waals surface area contributed by atoms with E-state index in [0.717, 1.165) is 11.1 Å². The maximum Gasteiger partial charge on any atom is 0.347 e. The van der Waals surface area contributed by atoms with Crippen LogP contribution < -0.4 is 9.78 Å². The summed E-state index contributed by atoms with van der Waals surface area (Å²) < 4.78 is 9.12. The van der Waals surface area contributed by atoms with Gasteiger partial charge in [0.2, 0.25) is 0 Å². The van der Waals surface area contributed by atoms with E-state index in [4.69, 9.17) is 9.78 Å². The van der Waals surface area contributed by atoms with Gasteiger partial charge in [-0.15, -0.1) is 0 Å². The Balaban J connectivity index is 1.31. The van der Waals surface area contributed by atoms with Gasteiger partial charge in [-0.2, -0.15) is 0 Å². The first-order chi connectivity index (χ1) is 14.5. The predicted molar refractivity (Wildman–Crippen MR) is 99.1 cm³/mol. The van der Waals surface area contributed by atoms with Gasteiger partial charge in [0.25, 0.3) is 0 Å². The fourth-order valence-corrected chi connectivity index (χ4v) is 3.18. The van der Waals surface area contributed by atoms with Crippen LogP contribution in [0.2, 0.25) is 0 Å². The first-order valence-corrected chi connectivity index (χ1v) is 8.76. The van der Waals surface area contributed by atoms with Crippen LogP contribution >= 0.6 is 0 Å². The van der Waals surface area contributed by atoms with Gasteiger partial charge in [0.15, 0.2) is 11.5 Å². The molecular weight excluding hydrogens is 392 g/mol. The number of rotatable bonds is 4. The molecule has 3 aromatic rings. The molecule has 8 nitrogen and oxygen atoms in total. The molecule has 2 aliphatic heterocycles. The lowest BCUT2D eigenvalue weighted by Crippen LogP contribution is -2.02. The molecule has 0 atom stereocenters. The zero-order valence-corrected chi connectivity index (χ0v) is 15.0. The second-order valence-electron chi connectivity index (χ2n) is 6.51. The molecular formula is C22H10O8.